The second-order valence-electron chi connectivity index (χ2n) is 7.45. The molecule has 1 atom stereocenters. The van der Waals surface area contributed by atoms with Crippen LogP contribution in [0.15, 0.2) is 84.9 Å². The highest BCUT2D eigenvalue weighted by atomic mass is 32.2. The summed E-state index contributed by atoms with van der Waals surface area (Å²) in [4.78, 5) is 12.3. The van der Waals surface area contributed by atoms with Gasteiger partial charge in [-0.2, -0.15) is 0 Å². The molecule has 0 saturated heterocycles. The Morgan fingerprint density at radius 3 is 2.10 bits per heavy atom. The van der Waals surface area contributed by atoms with Crippen molar-refractivity contribution in [2.75, 3.05) is 11.5 Å². The Kier molecular flexibility index (Phi) is 7.84. The van der Waals surface area contributed by atoms with Gasteiger partial charge >= 0.3 is 0 Å². The Labute approximate surface area is 184 Å². The first-order valence-corrected chi connectivity index (χ1v) is 12.1. The molecule has 1 N–H and O–H groups in total. The van der Waals surface area contributed by atoms with E-state index >= 15 is 0 Å². The average Bonchev–Trinajstić information content (AvgIpc) is 2.75. The number of hydrogen-bond acceptors (Lipinski definition) is 4. The number of ether oxygens (including phenoxy) is 1. The van der Waals surface area contributed by atoms with Crippen LogP contribution in [0.1, 0.15) is 30.5 Å². The molecule has 0 bridgehead atoms. The maximum Gasteiger partial charge on any atom is 0.235 e. The first-order chi connectivity index (χ1) is 14.9. The molecule has 0 aromatic heterocycles. The van der Waals surface area contributed by atoms with Crippen LogP contribution in [-0.4, -0.2) is 25.8 Å². The lowest BCUT2D eigenvalue weighted by molar-refractivity contribution is -0.119. The fourth-order valence-electron chi connectivity index (χ4n) is 3.23. The standard InChI is InChI=1S/C25H27NO4S/c1-20(22-14-16-24(17-15-22)30-23-12-6-3-7-13-23)26-25(27)19-31(28,29)18-8-11-21-9-4-2-5-10-21/h2-7,9-10,12-17,20H,8,11,18-19H2,1H3,(H,26,27). The SMILES string of the molecule is CC(NC(=O)CS(=O)(=O)CCCc1ccccc1)c1ccc(Oc2ccccc2)cc1. The maximum absolute atomic E-state index is 12.3. The number of carbonyl (C=O) groups excluding carboxylic acids is 1. The van der Waals surface area contributed by atoms with Crippen molar-refractivity contribution >= 4 is 15.7 Å². The predicted octanol–water partition coefficient (Wildman–Crippen LogP) is 4.70. The van der Waals surface area contributed by atoms with E-state index < -0.39 is 21.5 Å². The zero-order valence-corrected chi connectivity index (χ0v) is 18.3. The fraction of sp³-hybridized carbons (Fsp3) is 0.240. The lowest BCUT2D eigenvalue weighted by Crippen LogP contribution is -2.33. The van der Waals surface area contributed by atoms with Gasteiger partial charge in [-0.3, -0.25) is 4.79 Å². The van der Waals surface area contributed by atoms with Crippen molar-refractivity contribution in [1.82, 2.24) is 5.32 Å². The van der Waals surface area contributed by atoms with E-state index in [-0.39, 0.29) is 11.8 Å². The zero-order valence-electron chi connectivity index (χ0n) is 17.5. The van der Waals surface area contributed by atoms with Gasteiger partial charge in [0.1, 0.15) is 17.3 Å². The van der Waals surface area contributed by atoms with Gasteiger partial charge in [0.25, 0.3) is 0 Å². The van der Waals surface area contributed by atoms with Crippen LogP contribution in [0.3, 0.4) is 0 Å². The number of nitrogens with one attached hydrogen (secondary N) is 1. The first kappa shape index (κ1) is 22.6. The molecule has 3 aromatic rings. The highest BCUT2D eigenvalue weighted by Gasteiger charge is 2.18. The number of aryl methyl sites for hydroxylation is 1. The third-order valence-electron chi connectivity index (χ3n) is 4.85. The predicted molar refractivity (Wildman–Crippen MR) is 123 cm³/mol. The molecule has 5 nitrogen and oxygen atoms in total. The van der Waals surface area contributed by atoms with E-state index in [1.165, 1.54) is 0 Å². The minimum atomic E-state index is -3.45. The Morgan fingerprint density at radius 1 is 0.871 bits per heavy atom. The quantitative estimate of drug-likeness (QED) is 0.499. The molecule has 0 aliphatic heterocycles. The number of amides is 1. The van der Waals surface area contributed by atoms with Crippen molar-refractivity contribution in [2.45, 2.75) is 25.8 Å². The molecular weight excluding hydrogens is 410 g/mol. The molecule has 0 saturated carbocycles. The molecule has 0 fully saturated rings. The third-order valence-corrected chi connectivity index (χ3v) is 6.46. The molecule has 162 valence electrons. The van der Waals surface area contributed by atoms with E-state index in [0.717, 1.165) is 16.9 Å². The molecule has 31 heavy (non-hydrogen) atoms. The summed E-state index contributed by atoms with van der Waals surface area (Å²) in [5, 5.41) is 2.77. The van der Waals surface area contributed by atoms with Gasteiger partial charge in [-0.25, -0.2) is 8.42 Å². The van der Waals surface area contributed by atoms with Crippen LogP contribution >= 0.6 is 0 Å². The molecule has 0 spiro atoms. The first-order valence-electron chi connectivity index (χ1n) is 10.3. The smallest absolute Gasteiger partial charge is 0.235 e. The monoisotopic (exact) mass is 437 g/mol. The van der Waals surface area contributed by atoms with Gasteiger partial charge in [-0.15, -0.1) is 0 Å². The number of para-hydroxylation sites is 1. The minimum Gasteiger partial charge on any atom is -0.457 e. The van der Waals surface area contributed by atoms with E-state index in [2.05, 4.69) is 5.32 Å². The highest BCUT2D eigenvalue weighted by Crippen LogP contribution is 2.23. The minimum absolute atomic E-state index is 0.00474. The number of hydrogen-bond donors (Lipinski definition) is 1. The van der Waals surface area contributed by atoms with Crippen LogP contribution in [0.4, 0.5) is 0 Å². The van der Waals surface area contributed by atoms with Crippen LogP contribution in [0.2, 0.25) is 0 Å². The number of rotatable bonds is 10. The summed E-state index contributed by atoms with van der Waals surface area (Å²) in [5.74, 6) is 0.441. The van der Waals surface area contributed by atoms with Gasteiger partial charge in [0.15, 0.2) is 9.84 Å². The van der Waals surface area contributed by atoms with E-state index in [4.69, 9.17) is 4.74 Å². The van der Waals surface area contributed by atoms with E-state index in [1.807, 2.05) is 91.9 Å². The normalized spacial score (nSPS) is 12.2. The van der Waals surface area contributed by atoms with Gasteiger partial charge < -0.3 is 10.1 Å². The third kappa shape index (κ3) is 7.57. The van der Waals surface area contributed by atoms with Crippen molar-refractivity contribution in [3.63, 3.8) is 0 Å². The summed E-state index contributed by atoms with van der Waals surface area (Å²) in [5.41, 5.74) is 1.96. The fourth-order valence-corrected chi connectivity index (χ4v) is 4.44. The molecule has 3 rings (SSSR count). The molecule has 1 unspecified atom stereocenters. The van der Waals surface area contributed by atoms with Crippen molar-refractivity contribution in [3.8, 4) is 11.5 Å². The summed E-state index contributed by atoms with van der Waals surface area (Å²) >= 11 is 0. The Hall–Kier alpha value is -3.12. The van der Waals surface area contributed by atoms with Crippen LogP contribution in [0, 0.1) is 0 Å². The van der Waals surface area contributed by atoms with Crippen LogP contribution < -0.4 is 10.1 Å². The van der Waals surface area contributed by atoms with Gasteiger partial charge in [-0.05, 0) is 55.2 Å². The summed E-state index contributed by atoms with van der Waals surface area (Å²) in [7, 11) is -3.45. The molecular formula is C25H27NO4S. The summed E-state index contributed by atoms with van der Waals surface area (Å²) in [6.45, 7) is 1.83. The maximum atomic E-state index is 12.3. The highest BCUT2D eigenvalue weighted by molar-refractivity contribution is 7.92. The molecule has 0 heterocycles. The summed E-state index contributed by atoms with van der Waals surface area (Å²) in [6.07, 6.45) is 1.17. The molecule has 3 aromatic carbocycles. The van der Waals surface area contributed by atoms with E-state index in [1.54, 1.807) is 0 Å². The van der Waals surface area contributed by atoms with E-state index in [0.29, 0.717) is 18.6 Å². The van der Waals surface area contributed by atoms with Gasteiger partial charge in [-0.1, -0.05) is 60.7 Å². The second-order valence-corrected chi connectivity index (χ2v) is 9.64. The van der Waals surface area contributed by atoms with Gasteiger partial charge in [0.05, 0.1) is 11.8 Å². The molecule has 1 amide bonds. The van der Waals surface area contributed by atoms with Crippen LogP contribution in [0.25, 0.3) is 0 Å². The van der Waals surface area contributed by atoms with Gasteiger partial charge in [0, 0.05) is 0 Å². The molecule has 0 aliphatic rings. The van der Waals surface area contributed by atoms with Crippen molar-refractivity contribution < 1.29 is 17.9 Å². The Morgan fingerprint density at radius 2 is 1.45 bits per heavy atom. The van der Waals surface area contributed by atoms with Crippen molar-refractivity contribution in [3.05, 3.63) is 96.1 Å². The van der Waals surface area contributed by atoms with Gasteiger partial charge in [0.2, 0.25) is 5.91 Å². The number of sulfone groups is 1. The molecule has 0 radical (unpaired) electrons. The Balaban J connectivity index is 1.46. The van der Waals surface area contributed by atoms with Crippen LogP contribution in [-0.2, 0) is 21.1 Å². The van der Waals surface area contributed by atoms with Crippen molar-refractivity contribution in [1.29, 1.82) is 0 Å². The summed E-state index contributed by atoms with van der Waals surface area (Å²) < 4.78 is 30.3. The Bertz CT molecular complexity index is 1070. The average molecular weight is 438 g/mol. The topological polar surface area (TPSA) is 72.5 Å². The van der Waals surface area contributed by atoms with E-state index in [9.17, 15) is 13.2 Å². The zero-order chi connectivity index (χ0) is 22.1. The summed E-state index contributed by atoms with van der Waals surface area (Å²) in [6, 6.07) is 26.2. The second kappa shape index (κ2) is 10.8. The van der Waals surface area contributed by atoms with Crippen LogP contribution in [0.5, 0.6) is 11.5 Å². The molecule has 6 heteroatoms. The molecule has 0 aliphatic carbocycles. The lowest BCUT2D eigenvalue weighted by atomic mass is 10.1. The number of benzene rings is 3. The largest absolute Gasteiger partial charge is 0.457 e. The van der Waals surface area contributed by atoms with Crippen molar-refractivity contribution in [2.24, 2.45) is 0 Å². The lowest BCUT2D eigenvalue weighted by Gasteiger charge is -2.15. The number of carbonyl (C=O) groups is 1.